The third-order valence-corrected chi connectivity index (χ3v) is 5.05. The summed E-state index contributed by atoms with van der Waals surface area (Å²) in [4.78, 5) is 23.6. The monoisotopic (exact) mass is 204 g/mol. The Morgan fingerprint density at radius 3 is 2.92 bits per heavy atom. The average Bonchev–Trinajstić information content (AvgIpc) is 2.09. The van der Waals surface area contributed by atoms with Gasteiger partial charge in [0.1, 0.15) is 5.37 Å². The topological polar surface area (TPSA) is 58.9 Å². The van der Waals surface area contributed by atoms with Gasteiger partial charge in [0.15, 0.2) is 0 Å². The molecule has 1 heterocycles. The van der Waals surface area contributed by atoms with Crippen LogP contribution >= 0.6 is 22.8 Å². The highest BCUT2D eigenvalue weighted by Gasteiger charge is 2.20. The molecular formula is C6H8N2O2S2. The Labute approximate surface area is 77.0 Å². The van der Waals surface area contributed by atoms with Crippen LogP contribution in [0.3, 0.4) is 0 Å². The first kappa shape index (κ1) is 9.55. The normalized spacial score (nSPS) is 31.3. The number of thiol groups is 1. The lowest BCUT2D eigenvalue weighted by Crippen LogP contribution is -2.16. The van der Waals surface area contributed by atoms with Crippen LogP contribution in [0.2, 0.25) is 0 Å². The standard InChI is InChI=1S/C6H8N2O2S2/c9-4-7-6-3-11-1-2-12(6)8-5-10/h6,12H,1-3H2. The van der Waals surface area contributed by atoms with Crippen molar-refractivity contribution in [1.29, 1.82) is 0 Å². The van der Waals surface area contributed by atoms with Gasteiger partial charge in [-0.1, -0.05) is 0 Å². The maximum absolute atomic E-state index is 10.0. The van der Waals surface area contributed by atoms with Crippen molar-refractivity contribution in [2.75, 3.05) is 17.3 Å². The number of isocyanates is 2. The molecule has 12 heavy (non-hydrogen) atoms. The van der Waals surface area contributed by atoms with Gasteiger partial charge in [0.05, 0.1) is 0 Å². The second-order valence-corrected chi connectivity index (χ2v) is 5.40. The second kappa shape index (κ2) is 5.17. The Morgan fingerprint density at radius 1 is 1.42 bits per heavy atom. The highest BCUT2D eigenvalue weighted by atomic mass is 32.2. The molecule has 66 valence electrons. The SMILES string of the molecule is O=C=NC1CSCC[SH]1N=C=O. The molecular weight excluding hydrogens is 196 g/mol. The molecule has 0 N–H and O–H groups in total. The highest BCUT2D eigenvalue weighted by Crippen LogP contribution is 2.39. The largest absolute Gasteiger partial charge is 0.245 e. The molecule has 0 aromatic heterocycles. The molecule has 0 amide bonds. The summed E-state index contributed by atoms with van der Waals surface area (Å²) in [6.45, 7) is 0. The number of carbonyl (C=O) groups excluding carboxylic acids is 2. The molecule has 1 aliphatic rings. The minimum atomic E-state index is -0.790. The molecule has 0 aromatic carbocycles. The number of rotatable bonds is 2. The number of aliphatic imine (C=N–C) groups is 1. The van der Waals surface area contributed by atoms with Crippen LogP contribution in [0.15, 0.2) is 9.39 Å². The fraction of sp³-hybridized carbons (Fsp3) is 0.667. The molecule has 1 saturated heterocycles. The number of hydrogen-bond acceptors (Lipinski definition) is 5. The lowest BCUT2D eigenvalue weighted by molar-refractivity contribution is 0.562. The van der Waals surface area contributed by atoms with E-state index in [1.165, 1.54) is 12.2 Å². The van der Waals surface area contributed by atoms with Gasteiger partial charge in [0.25, 0.3) is 0 Å². The van der Waals surface area contributed by atoms with Gasteiger partial charge in [-0.2, -0.15) is 21.2 Å². The minimum absolute atomic E-state index is 0.113. The molecule has 2 unspecified atom stereocenters. The Kier molecular flexibility index (Phi) is 4.11. The van der Waals surface area contributed by atoms with E-state index in [9.17, 15) is 9.59 Å². The van der Waals surface area contributed by atoms with Crippen molar-refractivity contribution in [2.24, 2.45) is 9.39 Å². The van der Waals surface area contributed by atoms with Gasteiger partial charge in [-0.3, -0.25) is 0 Å². The predicted octanol–water partition coefficient (Wildman–Crippen LogP) is 0.647. The average molecular weight is 204 g/mol. The van der Waals surface area contributed by atoms with E-state index >= 15 is 0 Å². The first-order valence-electron chi connectivity index (χ1n) is 3.37. The summed E-state index contributed by atoms with van der Waals surface area (Å²) in [7, 11) is 0. The quantitative estimate of drug-likeness (QED) is 0.408. The minimum Gasteiger partial charge on any atom is -0.211 e. The maximum Gasteiger partial charge on any atom is 0.245 e. The van der Waals surface area contributed by atoms with Gasteiger partial charge < -0.3 is 0 Å². The van der Waals surface area contributed by atoms with E-state index < -0.39 is 11.1 Å². The van der Waals surface area contributed by atoms with E-state index in [0.717, 1.165) is 17.3 Å². The summed E-state index contributed by atoms with van der Waals surface area (Å²) < 4.78 is 3.66. The van der Waals surface area contributed by atoms with Crippen molar-refractivity contribution in [2.45, 2.75) is 5.37 Å². The molecule has 0 radical (unpaired) electrons. The van der Waals surface area contributed by atoms with Crippen molar-refractivity contribution in [3.8, 4) is 0 Å². The third kappa shape index (κ3) is 2.50. The predicted molar refractivity (Wildman–Crippen MR) is 51.2 cm³/mol. The van der Waals surface area contributed by atoms with E-state index in [4.69, 9.17) is 0 Å². The van der Waals surface area contributed by atoms with Crippen LogP contribution in [-0.2, 0) is 9.59 Å². The van der Waals surface area contributed by atoms with E-state index in [2.05, 4.69) is 9.39 Å². The van der Waals surface area contributed by atoms with Crippen LogP contribution in [0.1, 0.15) is 0 Å². The van der Waals surface area contributed by atoms with Crippen LogP contribution < -0.4 is 0 Å². The number of hydrogen-bond donors (Lipinski definition) is 1. The zero-order chi connectivity index (χ0) is 8.81. The molecule has 2 atom stereocenters. The van der Waals surface area contributed by atoms with Gasteiger partial charge in [-0.15, -0.1) is 11.1 Å². The molecule has 0 spiro atoms. The van der Waals surface area contributed by atoms with Crippen LogP contribution in [-0.4, -0.2) is 34.8 Å². The van der Waals surface area contributed by atoms with Gasteiger partial charge in [-0.05, 0) is 0 Å². The van der Waals surface area contributed by atoms with E-state index in [1.54, 1.807) is 11.8 Å². The van der Waals surface area contributed by atoms with Crippen molar-refractivity contribution in [3.63, 3.8) is 0 Å². The van der Waals surface area contributed by atoms with Crippen LogP contribution in [0.5, 0.6) is 0 Å². The zero-order valence-electron chi connectivity index (χ0n) is 6.27. The summed E-state index contributed by atoms with van der Waals surface area (Å²) in [5.74, 6) is 2.61. The fourth-order valence-electron chi connectivity index (χ4n) is 0.916. The Morgan fingerprint density at radius 2 is 2.25 bits per heavy atom. The van der Waals surface area contributed by atoms with Crippen molar-refractivity contribution < 1.29 is 9.59 Å². The fourth-order valence-corrected chi connectivity index (χ4v) is 4.45. The second-order valence-electron chi connectivity index (χ2n) is 2.13. The van der Waals surface area contributed by atoms with Gasteiger partial charge >= 0.3 is 0 Å². The maximum atomic E-state index is 10.0. The first-order valence-corrected chi connectivity index (χ1v) is 6.08. The molecule has 4 nitrogen and oxygen atoms in total. The number of nitrogens with zero attached hydrogens (tertiary/aromatic N) is 2. The van der Waals surface area contributed by atoms with Crippen molar-refractivity contribution >= 4 is 35.0 Å². The van der Waals surface area contributed by atoms with E-state index in [0.29, 0.717) is 0 Å². The Bertz CT molecular complexity index is 220. The molecule has 1 rings (SSSR count). The molecule has 1 fully saturated rings. The molecule has 6 heteroatoms. The summed E-state index contributed by atoms with van der Waals surface area (Å²) in [5, 5.41) is -0.113. The van der Waals surface area contributed by atoms with Gasteiger partial charge in [0.2, 0.25) is 12.2 Å². The van der Waals surface area contributed by atoms with E-state index in [-0.39, 0.29) is 5.37 Å². The lowest BCUT2D eigenvalue weighted by atomic mass is 10.8. The van der Waals surface area contributed by atoms with Crippen LogP contribution in [0, 0.1) is 0 Å². The Hall–Kier alpha value is -0.540. The Balaban J connectivity index is 2.65. The summed E-state index contributed by atoms with van der Waals surface area (Å²) in [6.07, 6.45) is 3.04. The van der Waals surface area contributed by atoms with Crippen LogP contribution in [0.25, 0.3) is 0 Å². The van der Waals surface area contributed by atoms with Crippen LogP contribution in [0.4, 0.5) is 0 Å². The van der Waals surface area contributed by atoms with Crippen molar-refractivity contribution in [3.05, 3.63) is 0 Å². The number of thioether (sulfide) groups is 1. The highest BCUT2D eigenvalue weighted by molar-refractivity contribution is 8.18. The molecule has 0 aliphatic carbocycles. The molecule has 0 bridgehead atoms. The first-order chi connectivity index (χ1) is 5.88. The molecule has 0 aromatic rings. The van der Waals surface area contributed by atoms with Gasteiger partial charge in [0, 0.05) is 17.3 Å². The summed E-state index contributed by atoms with van der Waals surface area (Å²) in [6, 6.07) is 0. The van der Waals surface area contributed by atoms with Gasteiger partial charge in [-0.25, -0.2) is 9.59 Å². The van der Waals surface area contributed by atoms with E-state index in [1.807, 2.05) is 0 Å². The molecule has 1 aliphatic heterocycles. The van der Waals surface area contributed by atoms with Crippen molar-refractivity contribution in [1.82, 2.24) is 0 Å². The summed E-state index contributed by atoms with van der Waals surface area (Å²) in [5.41, 5.74) is 0. The third-order valence-electron chi connectivity index (χ3n) is 1.45. The zero-order valence-corrected chi connectivity index (χ0v) is 7.98. The smallest absolute Gasteiger partial charge is 0.211 e. The summed E-state index contributed by atoms with van der Waals surface area (Å²) >= 11 is 0.937. The lowest BCUT2D eigenvalue weighted by Gasteiger charge is -2.25. The molecule has 0 saturated carbocycles.